The second-order valence-electron chi connectivity index (χ2n) is 16.5. The van der Waals surface area contributed by atoms with Crippen LogP contribution in [-0.2, 0) is 30.8 Å². The van der Waals surface area contributed by atoms with Crippen molar-refractivity contribution in [2.24, 2.45) is 5.92 Å². The normalized spacial score (nSPS) is 30.1. The second kappa shape index (κ2) is 14.3. The number of alkyl carbamates (subject to hydrolysis) is 1. The summed E-state index contributed by atoms with van der Waals surface area (Å²) < 4.78 is 40.4. The van der Waals surface area contributed by atoms with Gasteiger partial charge in [-0.15, -0.1) is 0 Å². The molecule has 0 radical (unpaired) electrons. The molecule has 1 spiro atoms. The Morgan fingerprint density at radius 2 is 1.92 bits per heavy atom. The molecule has 288 valence electrons. The summed E-state index contributed by atoms with van der Waals surface area (Å²) in [6, 6.07) is 4.66. The summed E-state index contributed by atoms with van der Waals surface area (Å²) in [5.74, 6) is -0.684. The Balaban J connectivity index is 1.22. The fraction of sp³-hybridized carbons (Fsp3) is 0.641. The van der Waals surface area contributed by atoms with Crippen molar-refractivity contribution in [2.75, 3.05) is 13.1 Å². The Morgan fingerprint density at radius 1 is 1.13 bits per heavy atom. The van der Waals surface area contributed by atoms with E-state index >= 15 is 0 Å². The van der Waals surface area contributed by atoms with Gasteiger partial charge in [-0.05, 0) is 97.6 Å². The predicted octanol–water partition coefficient (Wildman–Crippen LogP) is 5.62. The number of halogens is 1. The molecule has 2 aromatic rings. The van der Waals surface area contributed by atoms with Crippen molar-refractivity contribution < 1.29 is 32.3 Å². The number of aromatic nitrogens is 1. The minimum atomic E-state index is -3.93. The largest absolute Gasteiger partial charge is 0.484 e. The van der Waals surface area contributed by atoms with Crippen LogP contribution in [0, 0.1) is 12.8 Å². The second-order valence-corrected chi connectivity index (χ2v) is 19.1. The monoisotopic (exact) mass is 769 g/mol. The standard InChI is InChI=1S/C39H52ClN5O7S/c1-24(2)51-36(48)42-28-11-9-7-5-6-8-10-26-14-17-39(26,35(47)44-53(49,50)37(4)18-19-37)43-34(46)32-21-38(23-45(32)22-28)16-15-30-29-13-12-27(40)20-31(29)41-25(3)33(30)52-38/h8,10,12-13,20,24,26,28,32H,5-7,9,11,14-19,21-23H2,1-4H3,(H,42,48)(H,43,46)(H,44,47). The number of fused-ring (bicyclic) bond motifs is 5. The number of ether oxygens (including phenoxy) is 2. The van der Waals surface area contributed by atoms with Crippen LogP contribution >= 0.6 is 11.6 Å². The molecule has 2 aliphatic carbocycles. The van der Waals surface area contributed by atoms with Gasteiger partial charge in [-0.25, -0.2) is 18.2 Å². The quantitative estimate of drug-likeness (QED) is 0.329. The highest BCUT2D eigenvalue weighted by atomic mass is 35.5. The van der Waals surface area contributed by atoms with Gasteiger partial charge in [0.25, 0.3) is 5.91 Å². The molecular formula is C39H52ClN5O7S. The zero-order valence-corrected chi connectivity index (χ0v) is 32.7. The number of nitrogens with one attached hydrogen (secondary N) is 3. The van der Waals surface area contributed by atoms with Gasteiger partial charge in [-0.3, -0.25) is 19.2 Å². The van der Waals surface area contributed by atoms with Gasteiger partial charge in [-0.1, -0.05) is 42.7 Å². The molecule has 3 N–H and O–H groups in total. The Bertz CT molecular complexity index is 1930. The van der Waals surface area contributed by atoms with E-state index in [2.05, 4.69) is 20.3 Å². The molecule has 4 heterocycles. The van der Waals surface area contributed by atoms with Gasteiger partial charge in [0.05, 0.1) is 28.1 Å². The minimum Gasteiger partial charge on any atom is -0.484 e. The van der Waals surface area contributed by atoms with Gasteiger partial charge in [0.15, 0.2) is 0 Å². The third-order valence-corrected chi connectivity index (χ3v) is 14.5. The van der Waals surface area contributed by atoms with E-state index < -0.39 is 44.0 Å². The molecule has 2 saturated carbocycles. The topological polar surface area (TPSA) is 156 Å². The van der Waals surface area contributed by atoms with Gasteiger partial charge < -0.3 is 20.1 Å². The number of allylic oxidation sites excluding steroid dienone is 1. The van der Waals surface area contributed by atoms with E-state index in [1.807, 2.05) is 37.3 Å². The number of carbonyl (C=O) groups is 3. The third-order valence-electron chi connectivity index (χ3n) is 12.1. The van der Waals surface area contributed by atoms with E-state index in [1.54, 1.807) is 20.8 Å². The number of rotatable bonds is 5. The molecule has 1 aromatic carbocycles. The first-order valence-corrected chi connectivity index (χ1v) is 21.0. The van der Waals surface area contributed by atoms with Crippen molar-refractivity contribution in [3.63, 3.8) is 0 Å². The zero-order valence-electron chi connectivity index (χ0n) is 31.1. The summed E-state index contributed by atoms with van der Waals surface area (Å²) >= 11 is 6.30. The van der Waals surface area contributed by atoms with E-state index in [-0.39, 0.29) is 24.0 Å². The van der Waals surface area contributed by atoms with Crippen molar-refractivity contribution in [1.82, 2.24) is 25.2 Å². The Labute approximate surface area is 317 Å². The van der Waals surface area contributed by atoms with Crippen LogP contribution in [0.15, 0.2) is 30.4 Å². The van der Waals surface area contributed by atoms with Crippen molar-refractivity contribution in [3.05, 3.63) is 46.6 Å². The maximum absolute atomic E-state index is 14.7. The lowest BCUT2D eigenvalue weighted by atomic mass is 9.65. The van der Waals surface area contributed by atoms with Crippen LogP contribution in [0.2, 0.25) is 5.02 Å². The zero-order chi connectivity index (χ0) is 37.8. The summed E-state index contributed by atoms with van der Waals surface area (Å²) in [5.41, 5.74) is 0.453. The van der Waals surface area contributed by atoms with Crippen LogP contribution in [0.4, 0.5) is 4.79 Å². The molecule has 12 nitrogen and oxygen atoms in total. The number of nitrogens with zero attached hydrogens (tertiary/aromatic N) is 2. The summed E-state index contributed by atoms with van der Waals surface area (Å²) in [7, 11) is -3.93. The van der Waals surface area contributed by atoms with Crippen LogP contribution in [0.25, 0.3) is 10.9 Å². The summed E-state index contributed by atoms with van der Waals surface area (Å²) in [6.07, 6.45) is 11.1. The van der Waals surface area contributed by atoms with Crippen LogP contribution in [0.3, 0.4) is 0 Å². The molecule has 1 saturated heterocycles. The number of carbonyl (C=O) groups excluding carboxylic acids is 3. The molecule has 7 rings (SSSR count). The summed E-state index contributed by atoms with van der Waals surface area (Å²) in [4.78, 5) is 48.6. The SMILES string of the molecule is Cc1nc2cc(Cl)ccc2c2c1OC1(CC2)CC2C(=O)NC3(C(=O)NS(=O)(=O)C4(C)CC4)CCC3C=CCCCCCC(NC(=O)OC(C)C)CN2C1. The number of benzene rings is 1. The van der Waals surface area contributed by atoms with E-state index in [4.69, 9.17) is 26.1 Å². The van der Waals surface area contributed by atoms with Gasteiger partial charge in [0, 0.05) is 47.4 Å². The van der Waals surface area contributed by atoms with Crippen molar-refractivity contribution in [1.29, 1.82) is 0 Å². The van der Waals surface area contributed by atoms with E-state index in [9.17, 15) is 22.8 Å². The molecule has 0 bridgehead atoms. The Hall–Kier alpha value is -3.42. The van der Waals surface area contributed by atoms with E-state index in [1.165, 1.54) is 0 Å². The number of hydrogen-bond acceptors (Lipinski definition) is 9. The minimum absolute atomic E-state index is 0.290. The summed E-state index contributed by atoms with van der Waals surface area (Å²) in [6.45, 7) is 7.94. The first kappa shape index (κ1) is 37.9. The lowest BCUT2D eigenvalue weighted by Crippen LogP contribution is -2.70. The van der Waals surface area contributed by atoms with Crippen molar-refractivity contribution in [2.45, 2.75) is 139 Å². The van der Waals surface area contributed by atoms with Crippen molar-refractivity contribution in [3.8, 4) is 5.75 Å². The number of amides is 3. The van der Waals surface area contributed by atoms with Crippen LogP contribution < -0.4 is 20.1 Å². The van der Waals surface area contributed by atoms with E-state index in [0.29, 0.717) is 75.2 Å². The van der Waals surface area contributed by atoms with Gasteiger partial charge in [0.1, 0.15) is 16.9 Å². The fourth-order valence-corrected chi connectivity index (χ4v) is 10.1. The molecular weight excluding hydrogens is 718 g/mol. The average molecular weight is 770 g/mol. The van der Waals surface area contributed by atoms with Crippen molar-refractivity contribution >= 4 is 50.4 Å². The molecule has 53 heavy (non-hydrogen) atoms. The fourth-order valence-electron chi connectivity index (χ4n) is 8.60. The molecule has 3 fully saturated rings. The third kappa shape index (κ3) is 7.50. The van der Waals surface area contributed by atoms with Gasteiger partial charge in [-0.2, -0.15) is 0 Å². The smallest absolute Gasteiger partial charge is 0.407 e. The lowest BCUT2D eigenvalue weighted by Gasteiger charge is -2.48. The maximum atomic E-state index is 14.7. The highest BCUT2D eigenvalue weighted by Gasteiger charge is 2.59. The maximum Gasteiger partial charge on any atom is 0.407 e. The Kier molecular flexibility index (Phi) is 10.2. The molecule has 5 aliphatic rings. The van der Waals surface area contributed by atoms with E-state index in [0.717, 1.165) is 47.8 Å². The number of sulfonamides is 1. The molecule has 5 unspecified atom stereocenters. The highest BCUT2D eigenvalue weighted by molar-refractivity contribution is 7.91. The van der Waals surface area contributed by atoms with Crippen LogP contribution in [0.5, 0.6) is 5.75 Å². The van der Waals surface area contributed by atoms with Crippen LogP contribution in [-0.4, -0.2) is 83.4 Å². The first-order valence-electron chi connectivity index (χ1n) is 19.2. The van der Waals surface area contributed by atoms with Crippen LogP contribution in [0.1, 0.15) is 103 Å². The molecule has 14 heteroatoms. The predicted molar refractivity (Wildman–Crippen MR) is 202 cm³/mol. The number of hydrogen-bond donors (Lipinski definition) is 3. The highest BCUT2D eigenvalue weighted by Crippen LogP contribution is 2.47. The number of pyridine rings is 1. The Morgan fingerprint density at radius 3 is 2.64 bits per heavy atom. The number of aryl methyl sites for hydroxylation is 2. The molecule has 5 atom stereocenters. The summed E-state index contributed by atoms with van der Waals surface area (Å²) in [5, 5.41) is 7.79. The first-order chi connectivity index (χ1) is 25.1. The van der Waals surface area contributed by atoms with Gasteiger partial charge >= 0.3 is 6.09 Å². The lowest BCUT2D eigenvalue weighted by molar-refractivity contribution is -0.140. The molecule has 3 aliphatic heterocycles. The molecule has 3 amide bonds. The molecule has 1 aromatic heterocycles. The van der Waals surface area contributed by atoms with Gasteiger partial charge in [0.2, 0.25) is 15.9 Å². The average Bonchev–Trinajstić information content (AvgIpc) is 3.75.